The van der Waals surface area contributed by atoms with Gasteiger partial charge in [0.1, 0.15) is 64.3 Å². The Hall–Kier alpha value is -9.37. The summed E-state index contributed by atoms with van der Waals surface area (Å²) in [5, 5.41) is 62.8. The number of fused-ring (bicyclic) bond motifs is 6. The van der Waals surface area contributed by atoms with Crippen LogP contribution < -0.4 is 24.8 Å². The minimum atomic E-state index is -0.117. The number of phenols is 4. The predicted octanol–water partition coefficient (Wildman–Crippen LogP) is 18.9. The number of azo groups is 2. The van der Waals surface area contributed by atoms with E-state index in [9.17, 15) is 25.2 Å². The first-order valence-corrected chi connectivity index (χ1v) is 32.2. The number of hydrogen-bond acceptors (Lipinski definition) is 11. The Balaban J connectivity index is 0.000000167. The van der Waals surface area contributed by atoms with Gasteiger partial charge in [-0.3, -0.25) is 4.79 Å². The summed E-state index contributed by atoms with van der Waals surface area (Å²) in [4.78, 5) is 18.7. The van der Waals surface area contributed by atoms with Crippen LogP contribution in [0.3, 0.4) is 0 Å². The monoisotopic (exact) mass is 1300 g/mol. The molecule has 1 radical (unpaired) electrons. The Kier molecular flexibility index (Phi) is 19.1. The molecule has 0 aliphatic carbocycles. The van der Waals surface area contributed by atoms with Gasteiger partial charge in [0.2, 0.25) is 5.36 Å². The first-order chi connectivity index (χ1) is 44.1. The van der Waals surface area contributed by atoms with Crippen LogP contribution in [0.2, 0.25) is 0 Å². The molecule has 4 heterocycles. The van der Waals surface area contributed by atoms with Gasteiger partial charge in [0.05, 0.1) is 11.6 Å². The Morgan fingerprint density at radius 3 is 1.57 bits per heavy atom. The van der Waals surface area contributed by atoms with E-state index in [4.69, 9.17) is 4.74 Å². The molecular weight excluding hydrogens is 1210 g/mol. The molecule has 0 saturated carbocycles. The van der Waals surface area contributed by atoms with Crippen LogP contribution in [0.25, 0.3) is 38.3 Å². The summed E-state index contributed by atoms with van der Waals surface area (Å²) in [5.74, 6) is 2.03. The van der Waals surface area contributed by atoms with Gasteiger partial charge in [0.15, 0.2) is 5.54 Å². The quantitative estimate of drug-likeness (QED) is 0.0950. The molecular formula is C80H86CoN7O6+. The second-order valence-electron chi connectivity index (χ2n) is 28.2. The first-order valence-electron chi connectivity index (χ1n) is 32.2. The summed E-state index contributed by atoms with van der Waals surface area (Å²) in [6.45, 7) is 27.6. The fraction of sp³-hybridized carbons (Fsp3) is 0.300. The molecule has 13 rings (SSSR count). The largest absolute Gasteiger partial charge is 0.506 e. The number of aromatic hydroxyl groups is 4. The van der Waals surface area contributed by atoms with Crippen molar-refractivity contribution in [3.05, 3.63) is 219 Å². The van der Waals surface area contributed by atoms with E-state index in [1.54, 1.807) is 24.3 Å². The van der Waals surface area contributed by atoms with Crippen molar-refractivity contribution in [1.82, 2.24) is 9.48 Å². The third-order valence-electron chi connectivity index (χ3n) is 18.7. The Bertz CT molecular complexity index is 4560. The standard InChI is InChI=1S/C40H46N3O2.2C20H20N2O2.Co/c1-25-23-39(3,4)41(7)33-21-35-31(19-29(25)33)37(27-15-11-12-16-28(27)38(44)43-17-13-9-10-14-18-43)32-20-30-26(2)24-40(5,6)42(8)34(30)22-36(32)45-35;2*1-20(2,3)14-9-11-17(23)16(12-14)21-22-19-15-7-5-4-6-13(15)8-10-18(19)24;/h11-12,15-16,19-24H,9-10,13-14,17-18H2,1-8H3;2*4-12,23-24H,1-3H3;/q+1;;;. The number of hydrogen-bond donors (Lipinski definition) is 4. The Morgan fingerprint density at radius 2 is 1.03 bits per heavy atom. The number of phenolic OH excluding ortho intramolecular Hbond substituents is 4. The second-order valence-corrected chi connectivity index (χ2v) is 28.2. The number of carbonyl (C=O) groups is 1. The third-order valence-corrected chi connectivity index (χ3v) is 18.7. The summed E-state index contributed by atoms with van der Waals surface area (Å²) in [5.41, 5.74) is 13.2. The van der Waals surface area contributed by atoms with Gasteiger partial charge in [-0.05, 0) is 151 Å². The van der Waals surface area contributed by atoms with Gasteiger partial charge in [0, 0.05) is 106 Å². The maximum absolute atomic E-state index is 14.3. The van der Waals surface area contributed by atoms with Crippen molar-refractivity contribution in [2.75, 3.05) is 32.1 Å². The maximum Gasteiger partial charge on any atom is 0.254 e. The van der Waals surface area contributed by atoms with Gasteiger partial charge in [-0.25, -0.2) is 4.58 Å². The fourth-order valence-electron chi connectivity index (χ4n) is 12.8. The van der Waals surface area contributed by atoms with E-state index in [1.165, 1.54) is 35.1 Å². The summed E-state index contributed by atoms with van der Waals surface area (Å²) in [6, 6.07) is 50.1. The molecule has 0 aromatic heterocycles. The topological polar surface area (TPSA) is 166 Å². The van der Waals surface area contributed by atoms with Gasteiger partial charge in [-0.1, -0.05) is 151 Å². The second kappa shape index (κ2) is 26.6. The molecule has 4 N–H and O–H groups in total. The van der Waals surface area contributed by atoms with Crippen LogP contribution in [0.1, 0.15) is 153 Å². The van der Waals surface area contributed by atoms with Crippen molar-refractivity contribution in [3.63, 3.8) is 0 Å². The molecule has 1 saturated heterocycles. The van der Waals surface area contributed by atoms with Crippen molar-refractivity contribution < 1.29 is 46.7 Å². The molecule has 9 aromatic carbocycles. The van der Waals surface area contributed by atoms with Gasteiger partial charge < -0.3 is 35.0 Å². The van der Waals surface area contributed by atoms with Gasteiger partial charge in [-0.15, -0.1) is 20.5 Å². The van der Waals surface area contributed by atoms with E-state index in [-0.39, 0.29) is 67.6 Å². The zero-order valence-corrected chi connectivity index (χ0v) is 57.5. The SMILES string of the molecule is CC(C)(C)c1ccc(O)c(N=Nc2c(O)ccc3ccccc23)c1.CC(C)(C)c1ccc(O)c(N=Nc2c(O)ccc3ccccc23)c1.CC1=CC(C)(C)N(C)c2cc3c(cc21)C(c1ccccc1C(=O)N1CCCCCC1)=c1cc2c(cc1O3)=[N+](C)C(C)(C)C=C2C.[Co]. The van der Waals surface area contributed by atoms with E-state index in [2.05, 4.69) is 181 Å². The van der Waals surface area contributed by atoms with Crippen molar-refractivity contribution in [1.29, 1.82) is 0 Å². The van der Waals surface area contributed by atoms with Crippen molar-refractivity contribution in [3.8, 4) is 34.5 Å². The molecule has 0 atom stereocenters. The van der Waals surface area contributed by atoms with Crippen LogP contribution >= 0.6 is 0 Å². The number of allylic oxidation sites excluding steroid dienone is 2. The number of rotatable bonds is 6. The van der Waals surface area contributed by atoms with Crippen LogP contribution in [0.4, 0.5) is 28.4 Å². The van der Waals surface area contributed by atoms with Crippen LogP contribution in [0.5, 0.6) is 34.5 Å². The summed E-state index contributed by atoms with van der Waals surface area (Å²) >= 11 is 0. The maximum atomic E-state index is 14.3. The number of nitrogens with zero attached hydrogens (tertiary/aromatic N) is 7. The predicted molar refractivity (Wildman–Crippen MR) is 379 cm³/mol. The summed E-state index contributed by atoms with van der Waals surface area (Å²) in [6.07, 6.45) is 9.19. The van der Waals surface area contributed by atoms with Crippen molar-refractivity contribution >= 4 is 72.6 Å². The van der Waals surface area contributed by atoms with Gasteiger partial charge >= 0.3 is 0 Å². The zero-order valence-electron chi connectivity index (χ0n) is 56.5. The van der Waals surface area contributed by atoms with E-state index >= 15 is 0 Å². The number of likely N-dealkylation sites (tertiary alicyclic amines) is 1. The van der Waals surface area contributed by atoms with E-state index < -0.39 is 0 Å². The molecule has 0 unspecified atom stereocenters. The first kappa shape index (κ1) is 67.5. The molecule has 94 heavy (non-hydrogen) atoms. The number of ether oxygens (including phenoxy) is 1. The normalized spacial score (nSPS) is 15.6. The Labute approximate surface area is 562 Å². The zero-order chi connectivity index (χ0) is 66.5. The van der Waals surface area contributed by atoms with Crippen LogP contribution in [0.15, 0.2) is 190 Å². The van der Waals surface area contributed by atoms with Crippen molar-refractivity contribution in [2.24, 2.45) is 20.5 Å². The van der Waals surface area contributed by atoms with E-state index in [0.717, 1.165) is 109 Å². The van der Waals surface area contributed by atoms with Gasteiger partial charge in [0.25, 0.3) is 5.91 Å². The molecule has 13 nitrogen and oxygen atoms in total. The van der Waals surface area contributed by atoms with Crippen molar-refractivity contribution in [2.45, 2.75) is 131 Å². The molecule has 1 fully saturated rings. The number of anilines is 1. The number of benzene rings is 9. The smallest absolute Gasteiger partial charge is 0.254 e. The minimum Gasteiger partial charge on any atom is -0.506 e. The molecule has 485 valence electrons. The Morgan fingerprint density at radius 1 is 0.532 bits per heavy atom. The van der Waals surface area contributed by atoms with E-state index in [1.807, 2.05) is 97.1 Å². The molecule has 0 bridgehead atoms. The minimum absolute atomic E-state index is 0. The molecule has 1 amide bonds. The molecule has 4 aliphatic rings. The van der Waals surface area contributed by atoms with E-state index in [0.29, 0.717) is 22.7 Å². The molecule has 14 heteroatoms. The molecule has 0 spiro atoms. The number of amides is 1. The number of likely N-dealkylation sites (N-methyl/N-ethyl adjacent to an activating group) is 2. The molecule has 4 aliphatic heterocycles. The summed E-state index contributed by atoms with van der Waals surface area (Å²) < 4.78 is 9.23. The third kappa shape index (κ3) is 13.7. The average molecular weight is 1300 g/mol. The van der Waals surface area contributed by atoms with Crippen LogP contribution in [0, 0.1) is 0 Å². The number of carbonyl (C=O) groups excluding carboxylic acids is 1. The summed E-state index contributed by atoms with van der Waals surface area (Å²) in [7, 11) is 4.32. The van der Waals surface area contributed by atoms with Gasteiger partial charge in [-0.2, -0.15) is 0 Å². The fourth-order valence-corrected chi connectivity index (χ4v) is 12.8. The van der Waals surface area contributed by atoms with Crippen LogP contribution in [-0.2, 0) is 27.6 Å². The molecule has 9 aromatic rings. The van der Waals surface area contributed by atoms with Crippen LogP contribution in [-0.4, -0.2) is 69.5 Å². The average Bonchev–Trinajstić information content (AvgIpc) is 0.726.